The van der Waals surface area contributed by atoms with E-state index in [0.717, 1.165) is 76.0 Å². The number of aromatic hydroxyl groups is 1. The monoisotopic (exact) mass is 492 g/mol. The highest BCUT2D eigenvalue weighted by Crippen LogP contribution is 2.30. The van der Waals surface area contributed by atoms with E-state index in [1.807, 2.05) is 60.8 Å². The van der Waals surface area contributed by atoms with Gasteiger partial charge in [0.1, 0.15) is 11.6 Å². The Morgan fingerprint density at radius 1 is 0.973 bits per heavy atom. The van der Waals surface area contributed by atoms with Crippen molar-refractivity contribution in [3.05, 3.63) is 82.4 Å². The molecule has 2 N–H and O–H groups in total. The number of hydrogen-bond acceptors (Lipinski definition) is 7. The summed E-state index contributed by atoms with van der Waals surface area (Å²) in [5.74, 6) is 1.87. The van der Waals surface area contributed by atoms with Crippen LogP contribution >= 0.6 is 0 Å². The average molecular weight is 493 g/mol. The number of ether oxygens (including phenoxy) is 1. The molecule has 0 bridgehead atoms. The number of aromatic amines is 1. The molecule has 37 heavy (non-hydrogen) atoms. The van der Waals surface area contributed by atoms with Gasteiger partial charge in [0.05, 0.1) is 18.5 Å². The van der Waals surface area contributed by atoms with Crippen LogP contribution in [0.3, 0.4) is 0 Å². The molecule has 1 saturated heterocycles. The van der Waals surface area contributed by atoms with Crippen LogP contribution in [-0.2, 0) is 0 Å². The maximum Gasteiger partial charge on any atom is 0.196 e. The summed E-state index contributed by atoms with van der Waals surface area (Å²) >= 11 is 0. The van der Waals surface area contributed by atoms with Gasteiger partial charge in [-0.2, -0.15) is 0 Å². The number of pyridine rings is 1. The largest absolute Gasteiger partial charge is 0.497 e. The minimum atomic E-state index is 0.118. The molecule has 2 aromatic heterocycles. The molecule has 2 aliphatic rings. The standard InChI is InChI=1S/C29H28N6O2/c1-34-11-13-35(14-12-34)28-10-5-19(18-30-28)4-8-26-22-7-3-20(16-27(22)33-32-26)15-24-23-17-21(37-2)6-9-25(23)31-29(24)36/h3-10,15-18,31,36H,11-14H2,1-2H3/b8-4+,20-15-. The van der Waals surface area contributed by atoms with Crippen LogP contribution in [0.5, 0.6) is 11.6 Å². The minimum Gasteiger partial charge on any atom is -0.497 e. The van der Waals surface area contributed by atoms with Crippen LogP contribution in [0.4, 0.5) is 11.5 Å². The number of aromatic nitrogens is 2. The van der Waals surface area contributed by atoms with Gasteiger partial charge in [-0.05, 0) is 72.4 Å². The third-order valence-electron chi connectivity index (χ3n) is 6.93. The van der Waals surface area contributed by atoms with Crippen LogP contribution in [0.1, 0.15) is 11.1 Å². The van der Waals surface area contributed by atoms with E-state index in [0.29, 0.717) is 5.56 Å². The van der Waals surface area contributed by atoms with Crippen LogP contribution in [0.2, 0.25) is 0 Å². The lowest BCUT2D eigenvalue weighted by Gasteiger charge is -2.33. The van der Waals surface area contributed by atoms with Crippen molar-refractivity contribution in [3.8, 4) is 11.6 Å². The molecule has 6 rings (SSSR count). The molecule has 0 radical (unpaired) electrons. The minimum absolute atomic E-state index is 0.118. The number of azo groups is 1. The summed E-state index contributed by atoms with van der Waals surface area (Å²) in [6.45, 7) is 4.12. The van der Waals surface area contributed by atoms with Crippen LogP contribution in [0, 0.1) is 0 Å². The number of hydrogen-bond donors (Lipinski definition) is 2. The third-order valence-corrected chi connectivity index (χ3v) is 6.93. The molecule has 0 unspecified atom stereocenters. The molecule has 1 fully saturated rings. The van der Waals surface area contributed by atoms with E-state index in [4.69, 9.17) is 4.74 Å². The quantitative estimate of drug-likeness (QED) is 0.443. The molecule has 2 aromatic carbocycles. The van der Waals surface area contributed by atoms with Crippen molar-refractivity contribution >= 4 is 40.3 Å². The smallest absolute Gasteiger partial charge is 0.196 e. The number of benzene rings is 2. The summed E-state index contributed by atoms with van der Waals surface area (Å²) in [6.07, 6.45) is 7.83. The maximum absolute atomic E-state index is 10.5. The van der Waals surface area contributed by atoms with Crippen LogP contribution in [-0.4, -0.2) is 60.3 Å². The summed E-state index contributed by atoms with van der Waals surface area (Å²) in [6, 6.07) is 15.8. The van der Waals surface area contributed by atoms with E-state index in [9.17, 15) is 5.11 Å². The third kappa shape index (κ3) is 4.59. The van der Waals surface area contributed by atoms with Gasteiger partial charge in [0.2, 0.25) is 0 Å². The first-order valence-corrected chi connectivity index (χ1v) is 12.3. The second kappa shape index (κ2) is 9.55. The normalized spacial score (nSPS) is 16.3. The Bertz CT molecular complexity index is 1640. The zero-order valence-electron chi connectivity index (χ0n) is 20.8. The van der Waals surface area contributed by atoms with Crippen molar-refractivity contribution in [2.45, 2.75) is 0 Å². The second-order valence-electron chi connectivity index (χ2n) is 9.38. The maximum atomic E-state index is 10.5. The lowest BCUT2D eigenvalue weighted by Crippen LogP contribution is -2.44. The van der Waals surface area contributed by atoms with Crippen molar-refractivity contribution in [2.24, 2.45) is 10.2 Å². The number of methoxy groups -OCH3 is 1. The molecule has 0 amide bonds. The van der Waals surface area contributed by atoms with Gasteiger partial charge in [0.25, 0.3) is 0 Å². The van der Waals surface area contributed by atoms with E-state index < -0.39 is 0 Å². The highest BCUT2D eigenvalue weighted by molar-refractivity contribution is 5.92. The molecule has 0 aliphatic carbocycles. The summed E-state index contributed by atoms with van der Waals surface area (Å²) < 4.78 is 5.35. The number of anilines is 1. The van der Waals surface area contributed by atoms with Crippen molar-refractivity contribution < 1.29 is 9.84 Å². The van der Waals surface area contributed by atoms with Gasteiger partial charge in [-0.1, -0.05) is 12.1 Å². The summed E-state index contributed by atoms with van der Waals surface area (Å²) in [5, 5.41) is 22.0. The fourth-order valence-corrected chi connectivity index (χ4v) is 4.73. The first-order chi connectivity index (χ1) is 18.1. The van der Waals surface area contributed by atoms with Crippen LogP contribution in [0.15, 0.2) is 71.0 Å². The average Bonchev–Trinajstić information content (AvgIpc) is 3.47. The topological polar surface area (TPSA) is 89.3 Å². The molecule has 8 heteroatoms. The molecule has 186 valence electrons. The van der Waals surface area contributed by atoms with Gasteiger partial charge in [-0.15, -0.1) is 10.2 Å². The van der Waals surface area contributed by atoms with Crippen molar-refractivity contribution in [2.75, 3.05) is 45.2 Å². The highest BCUT2D eigenvalue weighted by Gasteiger charge is 2.15. The van der Waals surface area contributed by atoms with E-state index >= 15 is 0 Å². The molecule has 0 spiro atoms. The number of likely N-dealkylation sites (N-methyl/N-ethyl adjacent to an activating group) is 1. The van der Waals surface area contributed by atoms with Crippen molar-refractivity contribution in [3.63, 3.8) is 0 Å². The molecular formula is C29H28N6O2. The Kier molecular flexibility index (Phi) is 5.94. The van der Waals surface area contributed by atoms with Crippen molar-refractivity contribution in [1.82, 2.24) is 14.9 Å². The van der Waals surface area contributed by atoms with E-state index in [-0.39, 0.29) is 5.88 Å². The zero-order chi connectivity index (χ0) is 25.4. The van der Waals surface area contributed by atoms with Gasteiger partial charge < -0.3 is 24.6 Å². The second-order valence-corrected chi connectivity index (χ2v) is 9.38. The number of piperazine rings is 1. The Balaban J connectivity index is 1.25. The predicted molar refractivity (Wildman–Crippen MR) is 147 cm³/mol. The van der Waals surface area contributed by atoms with Gasteiger partial charge in [0.15, 0.2) is 5.88 Å². The fraction of sp³-hybridized carbons (Fsp3) is 0.207. The highest BCUT2D eigenvalue weighted by atomic mass is 16.5. The number of nitrogens with zero attached hydrogens (tertiary/aromatic N) is 5. The fourth-order valence-electron chi connectivity index (χ4n) is 4.73. The first kappa shape index (κ1) is 23.0. The molecule has 8 nitrogen and oxygen atoms in total. The van der Waals surface area contributed by atoms with E-state index in [1.54, 1.807) is 7.11 Å². The SMILES string of the molecule is COc1ccc2[nH]c(O)c(/C=c3/ccc4c(c3)N=NC=4/C=C/c3ccc(N4CCN(C)CC4)nc3)c2c1. The van der Waals surface area contributed by atoms with E-state index in [2.05, 4.69) is 49.2 Å². The van der Waals surface area contributed by atoms with Gasteiger partial charge in [0, 0.05) is 54.1 Å². The van der Waals surface area contributed by atoms with Gasteiger partial charge in [-0.3, -0.25) is 0 Å². The zero-order valence-corrected chi connectivity index (χ0v) is 20.8. The molecule has 2 aliphatic heterocycles. The van der Waals surface area contributed by atoms with E-state index in [1.165, 1.54) is 0 Å². The Hall–Kier alpha value is -4.43. The Morgan fingerprint density at radius 2 is 1.84 bits per heavy atom. The predicted octanol–water partition coefficient (Wildman–Crippen LogP) is 3.78. The number of H-pyrrole nitrogens is 1. The lowest BCUT2D eigenvalue weighted by atomic mass is 10.1. The van der Waals surface area contributed by atoms with Crippen molar-refractivity contribution in [1.29, 1.82) is 0 Å². The van der Waals surface area contributed by atoms with Crippen LogP contribution in [0.25, 0.3) is 28.8 Å². The lowest BCUT2D eigenvalue weighted by molar-refractivity contribution is 0.312. The number of rotatable bonds is 5. The van der Waals surface area contributed by atoms with Gasteiger partial charge in [-0.25, -0.2) is 4.98 Å². The molecule has 0 saturated carbocycles. The molecule has 4 heterocycles. The van der Waals surface area contributed by atoms with Crippen LogP contribution < -0.4 is 20.1 Å². The molecule has 4 aromatic rings. The Morgan fingerprint density at radius 3 is 2.62 bits per heavy atom. The molecular weight excluding hydrogens is 464 g/mol. The molecule has 0 atom stereocenters. The Labute approximate surface area is 214 Å². The summed E-state index contributed by atoms with van der Waals surface area (Å²) in [7, 11) is 3.78. The first-order valence-electron chi connectivity index (χ1n) is 12.3. The number of fused-ring (bicyclic) bond motifs is 2. The van der Waals surface area contributed by atoms with Gasteiger partial charge >= 0.3 is 0 Å². The number of nitrogens with one attached hydrogen (secondary N) is 1. The summed E-state index contributed by atoms with van der Waals surface area (Å²) in [5.41, 5.74) is 4.18. The summed E-state index contributed by atoms with van der Waals surface area (Å²) in [4.78, 5) is 12.3.